The van der Waals surface area contributed by atoms with Crippen molar-refractivity contribution in [3.05, 3.63) is 63.0 Å². The summed E-state index contributed by atoms with van der Waals surface area (Å²) < 4.78 is 5.53. The number of carboxylic acids is 1. The van der Waals surface area contributed by atoms with Crippen LogP contribution in [0, 0.1) is 0 Å². The predicted octanol–water partition coefficient (Wildman–Crippen LogP) is 5.35. The van der Waals surface area contributed by atoms with Crippen molar-refractivity contribution in [3.63, 3.8) is 0 Å². The van der Waals surface area contributed by atoms with Crippen molar-refractivity contribution < 1.29 is 14.3 Å². The van der Waals surface area contributed by atoms with E-state index in [4.69, 9.17) is 27.6 Å². The molecule has 0 saturated carbocycles. The second kappa shape index (κ2) is 6.66. The van der Waals surface area contributed by atoms with Crippen LogP contribution in [-0.2, 0) is 4.79 Å². The molecule has 0 aliphatic rings. The second-order valence-corrected chi connectivity index (χ2v) is 6.28. The summed E-state index contributed by atoms with van der Waals surface area (Å²) in [5, 5.41) is 10.3. The zero-order valence-corrected chi connectivity index (χ0v) is 13.8. The molecular weight excluding hydrogens is 357 g/mol. The molecule has 1 aromatic heterocycles. The normalized spacial score (nSPS) is 11.8. The van der Waals surface area contributed by atoms with Gasteiger partial charge in [-0.2, -0.15) is 0 Å². The Labute approximate surface area is 145 Å². The van der Waals surface area contributed by atoms with Crippen molar-refractivity contribution in [3.8, 4) is 0 Å². The van der Waals surface area contributed by atoms with Gasteiger partial charge in [0.05, 0.1) is 10.0 Å². The van der Waals surface area contributed by atoms with Crippen LogP contribution in [0.5, 0.6) is 0 Å². The molecule has 0 unspecified atom stereocenters. The minimum atomic E-state index is -1.10. The molecule has 3 aromatic rings. The third-order valence-corrected chi connectivity index (χ3v) is 4.65. The number of aliphatic carboxylic acids is 1. The summed E-state index contributed by atoms with van der Waals surface area (Å²) in [5.41, 5.74) is 1.78. The van der Waals surface area contributed by atoms with E-state index in [1.807, 2.05) is 12.1 Å². The van der Waals surface area contributed by atoms with Crippen LogP contribution < -0.4 is 0 Å². The van der Waals surface area contributed by atoms with Crippen LogP contribution in [0.25, 0.3) is 17.2 Å². The largest absolute Gasteiger partial charge is 0.477 e. The molecule has 0 fully saturated rings. The van der Waals surface area contributed by atoms with Gasteiger partial charge in [0, 0.05) is 0 Å². The zero-order chi connectivity index (χ0) is 16.4. The van der Waals surface area contributed by atoms with E-state index in [1.165, 1.54) is 6.08 Å². The molecule has 0 amide bonds. The minimum Gasteiger partial charge on any atom is -0.477 e. The quantitative estimate of drug-likeness (QED) is 0.498. The van der Waals surface area contributed by atoms with E-state index in [-0.39, 0.29) is 10.1 Å². The minimum absolute atomic E-state index is 0.0284. The summed E-state index contributed by atoms with van der Waals surface area (Å²) in [7, 11) is 0. The molecule has 116 valence electrons. The Morgan fingerprint density at radius 2 is 1.96 bits per heavy atom. The number of benzene rings is 2. The van der Waals surface area contributed by atoms with Gasteiger partial charge in [-0.3, -0.25) is 0 Å². The fourth-order valence-corrected chi connectivity index (χ4v) is 3.00. The first kappa shape index (κ1) is 15.9. The van der Waals surface area contributed by atoms with E-state index >= 15 is 0 Å². The number of rotatable bonds is 4. The Morgan fingerprint density at radius 1 is 1.17 bits per heavy atom. The number of hydrogen-bond acceptors (Lipinski definition) is 4. The molecule has 0 aliphatic heterocycles. The summed E-state index contributed by atoms with van der Waals surface area (Å²) in [4.78, 5) is 15.8. The van der Waals surface area contributed by atoms with Crippen LogP contribution in [0.2, 0.25) is 10.0 Å². The van der Waals surface area contributed by atoms with Crippen LogP contribution in [0.15, 0.2) is 57.0 Å². The zero-order valence-electron chi connectivity index (χ0n) is 11.5. The summed E-state index contributed by atoms with van der Waals surface area (Å²) >= 11 is 12.9. The highest BCUT2D eigenvalue weighted by molar-refractivity contribution is 8.03. The maximum absolute atomic E-state index is 11.5. The standard InChI is InChI=1S/C16H9Cl2NO3S/c17-10-5-3-4-9(14(10)18)8-13(15(20)21)23-16-19-11-6-1-2-7-12(11)22-16/h1-8H,(H,20,21)/b13-8-. The first-order chi connectivity index (χ1) is 11.0. The molecule has 0 radical (unpaired) electrons. The number of aromatic nitrogens is 1. The molecule has 0 spiro atoms. The number of thioether (sulfide) groups is 1. The number of carboxylic acid groups (broad SMARTS) is 1. The Morgan fingerprint density at radius 3 is 2.70 bits per heavy atom. The van der Waals surface area contributed by atoms with E-state index in [2.05, 4.69) is 4.98 Å². The summed E-state index contributed by atoms with van der Waals surface area (Å²) in [6, 6.07) is 12.2. The van der Waals surface area contributed by atoms with Gasteiger partial charge in [-0.25, -0.2) is 9.78 Å². The molecule has 0 aliphatic carbocycles. The van der Waals surface area contributed by atoms with Crippen LogP contribution in [-0.4, -0.2) is 16.1 Å². The maximum Gasteiger partial charge on any atom is 0.342 e. The fraction of sp³-hybridized carbons (Fsp3) is 0. The number of halogens is 2. The van der Waals surface area contributed by atoms with Gasteiger partial charge in [-0.05, 0) is 41.6 Å². The molecule has 0 atom stereocenters. The lowest BCUT2D eigenvalue weighted by Gasteiger charge is -2.03. The molecule has 2 aromatic carbocycles. The van der Waals surface area contributed by atoms with Crippen LogP contribution in [0.1, 0.15) is 5.56 Å². The monoisotopic (exact) mass is 365 g/mol. The Hall–Kier alpha value is -1.95. The fourth-order valence-electron chi connectivity index (χ4n) is 1.90. The van der Waals surface area contributed by atoms with Crippen molar-refractivity contribution >= 4 is 58.1 Å². The highest BCUT2D eigenvalue weighted by Gasteiger charge is 2.15. The van der Waals surface area contributed by atoms with E-state index in [9.17, 15) is 9.90 Å². The third kappa shape index (κ3) is 3.52. The summed E-state index contributed by atoms with van der Waals surface area (Å²) in [6.07, 6.45) is 1.44. The molecule has 4 nitrogen and oxygen atoms in total. The van der Waals surface area contributed by atoms with Gasteiger partial charge in [0.25, 0.3) is 5.22 Å². The SMILES string of the molecule is O=C(O)/C(=C/c1cccc(Cl)c1Cl)Sc1nc2ccccc2o1. The predicted molar refractivity (Wildman–Crippen MR) is 91.9 cm³/mol. The lowest BCUT2D eigenvalue weighted by atomic mass is 10.2. The van der Waals surface area contributed by atoms with Crippen LogP contribution in [0.4, 0.5) is 0 Å². The Kier molecular flexibility index (Phi) is 4.61. The first-order valence-corrected chi connectivity index (χ1v) is 8.04. The van der Waals surface area contributed by atoms with Crippen molar-refractivity contribution in [2.24, 2.45) is 0 Å². The van der Waals surface area contributed by atoms with Gasteiger partial charge in [0.1, 0.15) is 10.4 Å². The van der Waals surface area contributed by atoms with Crippen molar-refractivity contribution in [2.75, 3.05) is 0 Å². The third-order valence-electron chi connectivity index (χ3n) is 2.95. The van der Waals surface area contributed by atoms with Crippen molar-refractivity contribution in [1.29, 1.82) is 0 Å². The number of oxazole rings is 1. The van der Waals surface area contributed by atoms with E-state index in [0.29, 0.717) is 26.7 Å². The second-order valence-electron chi connectivity index (χ2n) is 4.51. The lowest BCUT2D eigenvalue weighted by molar-refractivity contribution is -0.131. The molecule has 1 N–H and O–H groups in total. The van der Waals surface area contributed by atoms with Gasteiger partial charge in [0.2, 0.25) is 0 Å². The molecular formula is C16H9Cl2NO3S. The molecule has 7 heteroatoms. The first-order valence-electron chi connectivity index (χ1n) is 6.47. The molecule has 23 heavy (non-hydrogen) atoms. The van der Waals surface area contributed by atoms with Gasteiger partial charge in [-0.15, -0.1) is 0 Å². The smallest absolute Gasteiger partial charge is 0.342 e. The average Bonchev–Trinajstić information content (AvgIpc) is 2.93. The van der Waals surface area contributed by atoms with Crippen LogP contribution in [0.3, 0.4) is 0 Å². The lowest BCUT2D eigenvalue weighted by Crippen LogP contribution is -1.97. The number of para-hydroxylation sites is 2. The van der Waals surface area contributed by atoms with Crippen molar-refractivity contribution in [1.82, 2.24) is 4.98 Å². The topological polar surface area (TPSA) is 63.3 Å². The van der Waals surface area contributed by atoms with Crippen molar-refractivity contribution in [2.45, 2.75) is 5.22 Å². The van der Waals surface area contributed by atoms with E-state index in [0.717, 1.165) is 11.8 Å². The molecule has 1 heterocycles. The molecule has 0 bridgehead atoms. The van der Waals surface area contributed by atoms with Crippen LogP contribution >= 0.6 is 35.0 Å². The number of fused-ring (bicyclic) bond motifs is 1. The average molecular weight is 366 g/mol. The molecule has 0 saturated heterocycles. The van der Waals surface area contributed by atoms with E-state index in [1.54, 1.807) is 30.3 Å². The Balaban J connectivity index is 1.97. The van der Waals surface area contributed by atoms with E-state index < -0.39 is 5.97 Å². The van der Waals surface area contributed by atoms with Gasteiger partial charge in [-0.1, -0.05) is 47.5 Å². The summed E-state index contributed by atoms with van der Waals surface area (Å²) in [5.74, 6) is -1.10. The van der Waals surface area contributed by atoms with Gasteiger partial charge < -0.3 is 9.52 Å². The molecule has 3 rings (SSSR count). The van der Waals surface area contributed by atoms with Gasteiger partial charge in [0.15, 0.2) is 5.58 Å². The highest BCUT2D eigenvalue weighted by Crippen LogP contribution is 2.33. The highest BCUT2D eigenvalue weighted by atomic mass is 35.5. The maximum atomic E-state index is 11.5. The van der Waals surface area contributed by atoms with Gasteiger partial charge >= 0.3 is 5.97 Å². The number of hydrogen-bond donors (Lipinski definition) is 1. The number of nitrogens with zero attached hydrogens (tertiary/aromatic N) is 1. The Bertz CT molecular complexity index is 888. The summed E-state index contributed by atoms with van der Waals surface area (Å²) in [6.45, 7) is 0. The number of carbonyl (C=O) groups is 1.